The number of aliphatic hydroxyl groups excluding tert-OH is 1. The normalized spacial score (nSPS) is 21.8. The number of hydrogen-bond acceptors (Lipinski definition) is 3. The van der Waals surface area contributed by atoms with Crippen molar-refractivity contribution in [2.24, 2.45) is 5.92 Å². The average molecular weight is 214 g/mol. The molecular weight excluding hydrogens is 188 g/mol. The first kappa shape index (κ1) is 12.9. The van der Waals surface area contributed by atoms with E-state index in [1.807, 2.05) is 0 Å². The summed E-state index contributed by atoms with van der Waals surface area (Å²) in [5.41, 5.74) is 0. The molecule has 1 fully saturated rings. The molecule has 0 bridgehead atoms. The fourth-order valence-corrected chi connectivity index (χ4v) is 2.11. The van der Waals surface area contributed by atoms with Crippen LogP contribution >= 0.6 is 0 Å². The van der Waals surface area contributed by atoms with Crippen LogP contribution < -0.4 is 5.32 Å². The van der Waals surface area contributed by atoms with E-state index in [0.29, 0.717) is 18.6 Å². The Balaban J connectivity index is 2.09. The number of nitrogens with zero attached hydrogens (tertiary/aromatic N) is 1. The van der Waals surface area contributed by atoms with Crippen LogP contribution in [0.2, 0.25) is 0 Å². The Kier molecular flexibility index (Phi) is 6.22. The third-order valence-corrected chi connectivity index (χ3v) is 3.19. The summed E-state index contributed by atoms with van der Waals surface area (Å²) in [5, 5.41) is 12.5. The first-order valence-electron chi connectivity index (χ1n) is 6.32. The first-order valence-corrected chi connectivity index (χ1v) is 6.32. The third kappa shape index (κ3) is 4.96. The molecule has 1 aliphatic heterocycles. The standard InChI is InChI=1S/C12H26N2O/c1-3-6-14-7-4-12(5-8-14)13-9-11(2)10-15/h11-13,15H,3-10H2,1-2H3. The minimum absolute atomic E-state index is 0.293. The second kappa shape index (κ2) is 7.20. The van der Waals surface area contributed by atoms with Gasteiger partial charge in [-0.25, -0.2) is 0 Å². The fourth-order valence-electron chi connectivity index (χ4n) is 2.11. The van der Waals surface area contributed by atoms with E-state index >= 15 is 0 Å². The Morgan fingerprint density at radius 3 is 2.60 bits per heavy atom. The molecule has 0 aromatic heterocycles. The Bertz CT molecular complexity index is 156. The van der Waals surface area contributed by atoms with Crippen molar-refractivity contribution in [1.82, 2.24) is 10.2 Å². The summed E-state index contributed by atoms with van der Waals surface area (Å²) in [6.07, 6.45) is 3.79. The Labute approximate surface area is 93.9 Å². The number of aliphatic hydroxyl groups is 1. The van der Waals surface area contributed by atoms with Crippen LogP contribution in [0.25, 0.3) is 0 Å². The van der Waals surface area contributed by atoms with Crippen molar-refractivity contribution in [2.75, 3.05) is 32.8 Å². The third-order valence-electron chi connectivity index (χ3n) is 3.19. The van der Waals surface area contributed by atoms with Gasteiger partial charge in [0.1, 0.15) is 0 Å². The van der Waals surface area contributed by atoms with Crippen LogP contribution in [0.1, 0.15) is 33.1 Å². The zero-order chi connectivity index (χ0) is 11.1. The predicted octanol–water partition coefficient (Wildman–Crippen LogP) is 1.08. The molecule has 0 aliphatic carbocycles. The number of piperidine rings is 1. The zero-order valence-electron chi connectivity index (χ0n) is 10.2. The van der Waals surface area contributed by atoms with Gasteiger partial charge in [0.25, 0.3) is 0 Å². The van der Waals surface area contributed by atoms with Crippen molar-refractivity contribution in [3.05, 3.63) is 0 Å². The molecule has 0 radical (unpaired) electrons. The van der Waals surface area contributed by atoms with Crippen LogP contribution in [-0.4, -0.2) is 48.8 Å². The highest BCUT2D eigenvalue weighted by atomic mass is 16.3. The summed E-state index contributed by atoms with van der Waals surface area (Å²) >= 11 is 0. The van der Waals surface area contributed by atoms with Crippen molar-refractivity contribution in [2.45, 2.75) is 39.2 Å². The molecule has 0 spiro atoms. The maximum Gasteiger partial charge on any atom is 0.0468 e. The van der Waals surface area contributed by atoms with E-state index in [4.69, 9.17) is 5.11 Å². The maximum atomic E-state index is 8.93. The smallest absolute Gasteiger partial charge is 0.0468 e. The van der Waals surface area contributed by atoms with E-state index in [1.165, 1.54) is 38.9 Å². The monoisotopic (exact) mass is 214 g/mol. The van der Waals surface area contributed by atoms with Gasteiger partial charge in [0.15, 0.2) is 0 Å². The summed E-state index contributed by atoms with van der Waals surface area (Å²) in [4.78, 5) is 2.55. The molecule has 3 nitrogen and oxygen atoms in total. The van der Waals surface area contributed by atoms with E-state index < -0.39 is 0 Å². The lowest BCUT2D eigenvalue weighted by Crippen LogP contribution is -2.44. The molecule has 15 heavy (non-hydrogen) atoms. The summed E-state index contributed by atoms with van der Waals surface area (Å²) in [7, 11) is 0. The minimum atomic E-state index is 0.293. The first-order chi connectivity index (χ1) is 7.26. The summed E-state index contributed by atoms with van der Waals surface area (Å²) < 4.78 is 0. The Morgan fingerprint density at radius 2 is 2.07 bits per heavy atom. The van der Waals surface area contributed by atoms with Gasteiger partial charge in [-0.05, 0) is 44.8 Å². The molecule has 3 heteroatoms. The van der Waals surface area contributed by atoms with Crippen molar-refractivity contribution in [1.29, 1.82) is 0 Å². The van der Waals surface area contributed by atoms with Crippen LogP contribution in [-0.2, 0) is 0 Å². The highest BCUT2D eigenvalue weighted by Crippen LogP contribution is 2.10. The van der Waals surface area contributed by atoms with E-state index in [-0.39, 0.29) is 0 Å². The van der Waals surface area contributed by atoms with Gasteiger partial charge in [-0.1, -0.05) is 13.8 Å². The Hall–Kier alpha value is -0.120. The predicted molar refractivity (Wildman–Crippen MR) is 64.0 cm³/mol. The zero-order valence-corrected chi connectivity index (χ0v) is 10.2. The lowest BCUT2D eigenvalue weighted by molar-refractivity contribution is 0.185. The SMILES string of the molecule is CCCN1CCC(NCC(C)CO)CC1. The largest absolute Gasteiger partial charge is 0.396 e. The summed E-state index contributed by atoms with van der Waals surface area (Å²) in [5.74, 6) is 0.388. The minimum Gasteiger partial charge on any atom is -0.396 e. The molecule has 0 aromatic carbocycles. The van der Waals surface area contributed by atoms with Crippen molar-refractivity contribution < 1.29 is 5.11 Å². The fraction of sp³-hybridized carbons (Fsp3) is 1.00. The molecule has 1 unspecified atom stereocenters. The molecule has 1 rings (SSSR count). The number of rotatable bonds is 6. The molecule has 0 saturated carbocycles. The molecule has 2 N–H and O–H groups in total. The molecular formula is C12H26N2O. The second-order valence-electron chi connectivity index (χ2n) is 4.81. The van der Waals surface area contributed by atoms with Crippen LogP contribution in [0.3, 0.4) is 0 Å². The topological polar surface area (TPSA) is 35.5 Å². The van der Waals surface area contributed by atoms with Gasteiger partial charge in [0, 0.05) is 19.2 Å². The van der Waals surface area contributed by atoms with Crippen LogP contribution in [0.15, 0.2) is 0 Å². The van der Waals surface area contributed by atoms with Crippen molar-refractivity contribution >= 4 is 0 Å². The van der Waals surface area contributed by atoms with Crippen molar-refractivity contribution in [3.8, 4) is 0 Å². The van der Waals surface area contributed by atoms with Crippen LogP contribution in [0.5, 0.6) is 0 Å². The molecule has 1 saturated heterocycles. The van der Waals surface area contributed by atoms with Gasteiger partial charge in [0.05, 0.1) is 0 Å². The maximum absolute atomic E-state index is 8.93. The molecule has 1 atom stereocenters. The molecule has 0 amide bonds. The van der Waals surface area contributed by atoms with Gasteiger partial charge >= 0.3 is 0 Å². The Morgan fingerprint density at radius 1 is 1.40 bits per heavy atom. The van der Waals surface area contributed by atoms with E-state index in [2.05, 4.69) is 24.1 Å². The lowest BCUT2D eigenvalue weighted by atomic mass is 10.0. The quantitative estimate of drug-likeness (QED) is 0.694. The van der Waals surface area contributed by atoms with E-state index in [9.17, 15) is 0 Å². The van der Waals surface area contributed by atoms with Gasteiger partial charge < -0.3 is 15.3 Å². The number of likely N-dealkylation sites (tertiary alicyclic amines) is 1. The number of hydrogen-bond donors (Lipinski definition) is 2. The lowest BCUT2D eigenvalue weighted by Gasteiger charge is -2.32. The summed E-state index contributed by atoms with van der Waals surface area (Å²) in [6, 6.07) is 0.673. The van der Waals surface area contributed by atoms with Gasteiger partial charge in [-0.15, -0.1) is 0 Å². The van der Waals surface area contributed by atoms with E-state index in [1.54, 1.807) is 0 Å². The highest BCUT2D eigenvalue weighted by Gasteiger charge is 2.18. The van der Waals surface area contributed by atoms with E-state index in [0.717, 1.165) is 6.54 Å². The molecule has 90 valence electrons. The molecule has 0 aromatic rings. The average Bonchev–Trinajstić information content (AvgIpc) is 2.28. The van der Waals surface area contributed by atoms with Gasteiger partial charge in [0.2, 0.25) is 0 Å². The van der Waals surface area contributed by atoms with Gasteiger partial charge in [-0.3, -0.25) is 0 Å². The molecule has 1 heterocycles. The van der Waals surface area contributed by atoms with Crippen molar-refractivity contribution in [3.63, 3.8) is 0 Å². The van der Waals surface area contributed by atoms with Crippen LogP contribution in [0, 0.1) is 5.92 Å². The molecule has 1 aliphatic rings. The van der Waals surface area contributed by atoms with Gasteiger partial charge in [-0.2, -0.15) is 0 Å². The highest BCUT2D eigenvalue weighted by molar-refractivity contribution is 4.77. The second-order valence-corrected chi connectivity index (χ2v) is 4.81. The van der Waals surface area contributed by atoms with Crippen LogP contribution in [0.4, 0.5) is 0 Å². The summed E-state index contributed by atoms with van der Waals surface area (Å²) in [6.45, 7) is 9.29. The number of nitrogens with one attached hydrogen (secondary N) is 1.